The van der Waals surface area contributed by atoms with Crippen molar-refractivity contribution in [3.05, 3.63) is 53.4 Å². The normalized spacial score (nSPS) is 10.8. The average Bonchev–Trinajstić information content (AvgIpc) is 2.36. The van der Waals surface area contributed by atoms with Crippen molar-refractivity contribution >= 4 is 0 Å². The van der Waals surface area contributed by atoms with E-state index in [0.717, 1.165) is 18.3 Å². The van der Waals surface area contributed by atoms with Crippen LogP contribution in [0.1, 0.15) is 0 Å². The van der Waals surface area contributed by atoms with E-state index in [-0.39, 0.29) is 0 Å². The molecule has 7 heteroatoms. The van der Waals surface area contributed by atoms with Crippen LogP contribution in [-0.4, -0.2) is 4.98 Å². The Morgan fingerprint density at radius 3 is 1.72 bits per heavy atom. The molecule has 1 heterocycles. The molecular formula is C11H3F6N. The van der Waals surface area contributed by atoms with Crippen LogP contribution in [0.25, 0.3) is 11.1 Å². The van der Waals surface area contributed by atoms with Crippen LogP contribution in [0, 0.1) is 35.0 Å². The van der Waals surface area contributed by atoms with Gasteiger partial charge < -0.3 is 0 Å². The summed E-state index contributed by atoms with van der Waals surface area (Å²) in [5.74, 6) is -12.1. The fourth-order valence-corrected chi connectivity index (χ4v) is 1.41. The van der Waals surface area contributed by atoms with Gasteiger partial charge in [-0.15, -0.1) is 0 Å². The summed E-state index contributed by atoms with van der Waals surface area (Å²) in [7, 11) is 0. The highest BCUT2D eigenvalue weighted by molar-refractivity contribution is 5.64. The van der Waals surface area contributed by atoms with Crippen molar-refractivity contribution in [1.29, 1.82) is 0 Å². The number of aromatic nitrogens is 1. The zero-order chi connectivity index (χ0) is 13.4. The molecule has 0 unspecified atom stereocenters. The molecule has 0 aliphatic carbocycles. The zero-order valence-corrected chi connectivity index (χ0v) is 8.45. The summed E-state index contributed by atoms with van der Waals surface area (Å²) in [6.45, 7) is 0. The monoisotopic (exact) mass is 263 g/mol. The van der Waals surface area contributed by atoms with Gasteiger partial charge in [0.2, 0.25) is 11.8 Å². The predicted octanol–water partition coefficient (Wildman–Crippen LogP) is 3.58. The van der Waals surface area contributed by atoms with Gasteiger partial charge in [0.15, 0.2) is 23.3 Å². The largest absolute Gasteiger partial charge is 0.228 e. The van der Waals surface area contributed by atoms with Crippen LogP contribution in [0.3, 0.4) is 0 Å². The van der Waals surface area contributed by atoms with Gasteiger partial charge in [-0.2, -0.15) is 4.39 Å². The summed E-state index contributed by atoms with van der Waals surface area (Å²) in [5.41, 5.74) is -2.14. The van der Waals surface area contributed by atoms with Gasteiger partial charge in [-0.05, 0) is 12.1 Å². The third kappa shape index (κ3) is 1.71. The topological polar surface area (TPSA) is 12.9 Å². The molecule has 0 amide bonds. The van der Waals surface area contributed by atoms with E-state index in [4.69, 9.17) is 0 Å². The highest BCUT2D eigenvalue weighted by atomic mass is 19.2. The first-order chi connectivity index (χ1) is 8.45. The van der Waals surface area contributed by atoms with Gasteiger partial charge in [-0.3, -0.25) is 0 Å². The molecular weight excluding hydrogens is 260 g/mol. The Bertz CT molecular complexity index is 596. The minimum atomic E-state index is -2.29. The van der Waals surface area contributed by atoms with Crippen molar-refractivity contribution in [1.82, 2.24) is 4.98 Å². The maximum absolute atomic E-state index is 13.4. The van der Waals surface area contributed by atoms with Crippen LogP contribution in [0.15, 0.2) is 18.3 Å². The molecule has 0 fully saturated rings. The zero-order valence-electron chi connectivity index (χ0n) is 8.45. The minimum absolute atomic E-state index is 0.801. The predicted molar refractivity (Wildman–Crippen MR) is 49.4 cm³/mol. The highest BCUT2D eigenvalue weighted by Gasteiger charge is 2.28. The molecule has 0 spiro atoms. The smallest absolute Gasteiger partial charge is 0.220 e. The molecule has 94 valence electrons. The molecule has 0 saturated heterocycles. The van der Waals surface area contributed by atoms with Crippen molar-refractivity contribution in [2.24, 2.45) is 0 Å². The van der Waals surface area contributed by atoms with Gasteiger partial charge >= 0.3 is 0 Å². The van der Waals surface area contributed by atoms with Gasteiger partial charge in [0, 0.05) is 11.8 Å². The van der Waals surface area contributed by atoms with E-state index in [1.807, 2.05) is 0 Å². The molecule has 0 atom stereocenters. The van der Waals surface area contributed by atoms with E-state index in [9.17, 15) is 26.3 Å². The molecule has 2 aromatic rings. The van der Waals surface area contributed by atoms with Crippen LogP contribution < -0.4 is 0 Å². The van der Waals surface area contributed by atoms with Crippen LogP contribution in [0.4, 0.5) is 26.3 Å². The van der Waals surface area contributed by atoms with E-state index in [0.29, 0.717) is 0 Å². The Balaban J connectivity index is 2.85. The average molecular weight is 263 g/mol. The van der Waals surface area contributed by atoms with E-state index in [2.05, 4.69) is 4.98 Å². The number of rotatable bonds is 1. The summed E-state index contributed by atoms with van der Waals surface area (Å²) >= 11 is 0. The first kappa shape index (κ1) is 12.4. The number of pyridine rings is 1. The molecule has 1 aromatic heterocycles. The van der Waals surface area contributed by atoms with Crippen LogP contribution in [-0.2, 0) is 0 Å². The number of nitrogens with zero attached hydrogens (tertiary/aromatic N) is 1. The van der Waals surface area contributed by atoms with Crippen molar-refractivity contribution in [3.63, 3.8) is 0 Å². The fraction of sp³-hybridized carbons (Fsp3) is 0. The molecule has 0 bridgehead atoms. The van der Waals surface area contributed by atoms with E-state index >= 15 is 0 Å². The second-order valence-electron chi connectivity index (χ2n) is 3.29. The highest BCUT2D eigenvalue weighted by Crippen LogP contribution is 2.32. The number of hydrogen-bond donors (Lipinski definition) is 0. The first-order valence-corrected chi connectivity index (χ1v) is 4.57. The summed E-state index contributed by atoms with van der Waals surface area (Å²) in [6.07, 6.45) is 0.977. The fourth-order valence-electron chi connectivity index (χ4n) is 1.41. The van der Waals surface area contributed by atoms with Gasteiger partial charge in [-0.1, -0.05) is 0 Å². The first-order valence-electron chi connectivity index (χ1n) is 4.57. The molecule has 0 saturated carbocycles. The Labute approximate surface area is 96.7 Å². The maximum Gasteiger partial charge on any atom is 0.220 e. The second-order valence-corrected chi connectivity index (χ2v) is 3.29. The van der Waals surface area contributed by atoms with Gasteiger partial charge in [0.05, 0.1) is 5.56 Å². The second kappa shape index (κ2) is 4.32. The molecule has 1 aromatic carbocycles. The third-order valence-electron chi connectivity index (χ3n) is 2.24. The Hall–Kier alpha value is -2.05. The Morgan fingerprint density at radius 2 is 1.22 bits per heavy atom. The molecule has 0 radical (unpaired) electrons. The number of halogens is 6. The van der Waals surface area contributed by atoms with Gasteiger partial charge in [0.25, 0.3) is 0 Å². The lowest BCUT2D eigenvalue weighted by atomic mass is 10.1. The minimum Gasteiger partial charge on any atom is -0.228 e. The van der Waals surface area contributed by atoms with Crippen LogP contribution in [0.2, 0.25) is 0 Å². The molecule has 0 N–H and O–H groups in total. The van der Waals surface area contributed by atoms with Gasteiger partial charge in [-0.25, -0.2) is 26.9 Å². The SMILES string of the molecule is Fc1ncccc1-c1c(F)c(F)c(F)c(F)c1F. The van der Waals surface area contributed by atoms with Crippen molar-refractivity contribution in [3.8, 4) is 11.1 Å². The third-order valence-corrected chi connectivity index (χ3v) is 2.24. The Kier molecular flexibility index (Phi) is 2.98. The summed E-state index contributed by atoms with van der Waals surface area (Å²) < 4.78 is 78.5. The van der Waals surface area contributed by atoms with Crippen LogP contribution >= 0.6 is 0 Å². The van der Waals surface area contributed by atoms with E-state index in [1.165, 1.54) is 0 Å². The lowest BCUT2D eigenvalue weighted by molar-refractivity contribution is 0.380. The van der Waals surface area contributed by atoms with E-state index < -0.39 is 46.2 Å². The standard InChI is InChI=1S/C11H3F6N/c12-6-5(4-2-1-3-18-11(4)17)7(13)9(15)10(16)8(6)14/h1-3H. The van der Waals surface area contributed by atoms with Crippen LogP contribution in [0.5, 0.6) is 0 Å². The quantitative estimate of drug-likeness (QED) is 0.331. The summed E-state index contributed by atoms with van der Waals surface area (Å²) in [4.78, 5) is 3.08. The van der Waals surface area contributed by atoms with E-state index in [1.54, 1.807) is 0 Å². The summed E-state index contributed by atoms with van der Waals surface area (Å²) in [5, 5.41) is 0. The molecule has 18 heavy (non-hydrogen) atoms. The lowest BCUT2D eigenvalue weighted by Gasteiger charge is -2.08. The molecule has 1 nitrogen and oxygen atoms in total. The number of hydrogen-bond acceptors (Lipinski definition) is 1. The van der Waals surface area contributed by atoms with Crippen molar-refractivity contribution < 1.29 is 26.3 Å². The Morgan fingerprint density at radius 1 is 0.722 bits per heavy atom. The molecule has 0 aliphatic rings. The van der Waals surface area contributed by atoms with Gasteiger partial charge in [0.1, 0.15) is 0 Å². The van der Waals surface area contributed by atoms with Crippen molar-refractivity contribution in [2.45, 2.75) is 0 Å². The maximum atomic E-state index is 13.4. The molecule has 0 aliphatic heterocycles. The molecule has 2 rings (SSSR count). The lowest BCUT2D eigenvalue weighted by Crippen LogP contribution is -2.05. The number of benzene rings is 1. The summed E-state index contributed by atoms with van der Waals surface area (Å²) in [6, 6.07) is 1.97. The van der Waals surface area contributed by atoms with Crippen molar-refractivity contribution in [2.75, 3.05) is 0 Å².